The minimum atomic E-state index is -0.777. The fourth-order valence-corrected chi connectivity index (χ4v) is 2.74. The minimum absolute atomic E-state index is 0.394. The average molecular weight is 282 g/mol. The second kappa shape index (κ2) is 7.14. The van der Waals surface area contributed by atoms with Crippen molar-refractivity contribution in [2.24, 2.45) is 5.92 Å². The van der Waals surface area contributed by atoms with E-state index in [0.29, 0.717) is 18.5 Å². The molecule has 1 aliphatic heterocycles. The van der Waals surface area contributed by atoms with Crippen LogP contribution in [0.5, 0.6) is 0 Å². The van der Waals surface area contributed by atoms with Gasteiger partial charge in [0.1, 0.15) is 0 Å². The predicted molar refractivity (Wildman–Crippen MR) is 77.5 cm³/mol. The molecule has 1 fully saturated rings. The number of nitrogens with zero attached hydrogens (tertiary/aromatic N) is 1. The molecule has 1 aromatic rings. The van der Waals surface area contributed by atoms with E-state index in [1.807, 2.05) is 0 Å². The topological polar surface area (TPSA) is 15.3 Å². The number of nitrogens with one attached hydrogen (secondary N) is 1. The first kappa shape index (κ1) is 15.4. The van der Waals surface area contributed by atoms with E-state index in [9.17, 15) is 8.78 Å². The van der Waals surface area contributed by atoms with Gasteiger partial charge in [0.05, 0.1) is 0 Å². The third-order valence-electron chi connectivity index (χ3n) is 3.99. The van der Waals surface area contributed by atoms with Gasteiger partial charge in [-0.05, 0) is 63.4 Å². The van der Waals surface area contributed by atoms with Gasteiger partial charge in [0.25, 0.3) is 0 Å². The Morgan fingerprint density at radius 2 is 2.10 bits per heavy atom. The van der Waals surface area contributed by atoms with E-state index in [0.717, 1.165) is 25.2 Å². The molecule has 1 saturated heterocycles. The number of halogens is 2. The lowest BCUT2D eigenvalue weighted by atomic mass is 9.98. The van der Waals surface area contributed by atoms with Crippen molar-refractivity contribution < 1.29 is 8.78 Å². The van der Waals surface area contributed by atoms with Gasteiger partial charge in [0.2, 0.25) is 0 Å². The molecule has 0 aromatic heterocycles. The monoisotopic (exact) mass is 282 g/mol. The van der Waals surface area contributed by atoms with Crippen LogP contribution >= 0.6 is 0 Å². The highest BCUT2D eigenvalue weighted by Gasteiger charge is 2.19. The van der Waals surface area contributed by atoms with Crippen molar-refractivity contribution in [1.29, 1.82) is 0 Å². The summed E-state index contributed by atoms with van der Waals surface area (Å²) in [5, 5.41) is 3.42. The standard InChI is InChI=1S/C16H24F2N2/c1-12(2)20(11-14-4-3-7-19-9-14)10-13-5-6-15(17)16(18)8-13/h5-6,8,12,14,19H,3-4,7,9-11H2,1-2H3. The number of rotatable bonds is 5. The molecule has 1 atom stereocenters. The summed E-state index contributed by atoms with van der Waals surface area (Å²) in [7, 11) is 0. The maximum Gasteiger partial charge on any atom is 0.159 e. The summed E-state index contributed by atoms with van der Waals surface area (Å²) in [5.74, 6) is -0.886. The molecule has 0 aliphatic carbocycles. The third kappa shape index (κ3) is 4.25. The summed E-state index contributed by atoms with van der Waals surface area (Å²) >= 11 is 0. The van der Waals surface area contributed by atoms with Gasteiger partial charge in [-0.2, -0.15) is 0 Å². The van der Waals surface area contributed by atoms with Crippen molar-refractivity contribution >= 4 is 0 Å². The highest BCUT2D eigenvalue weighted by Crippen LogP contribution is 2.17. The van der Waals surface area contributed by atoms with Gasteiger partial charge < -0.3 is 5.32 Å². The Morgan fingerprint density at radius 3 is 2.70 bits per heavy atom. The molecule has 20 heavy (non-hydrogen) atoms. The Bertz CT molecular complexity index is 428. The first-order valence-electron chi connectivity index (χ1n) is 7.45. The van der Waals surface area contributed by atoms with E-state index >= 15 is 0 Å². The smallest absolute Gasteiger partial charge is 0.159 e. The second-order valence-corrected chi connectivity index (χ2v) is 5.98. The Balaban J connectivity index is 1.99. The second-order valence-electron chi connectivity index (χ2n) is 5.98. The molecule has 4 heteroatoms. The first-order valence-corrected chi connectivity index (χ1v) is 7.45. The van der Waals surface area contributed by atoms with Crippen LogP contribution in [0, 0.1) is 17.6 Å². The van der Waals surface area contributed by atoms with Crippen LogP contribution in [0.1, 0.15) is 32.3 Å². The first-order chi connectivity index (χ1) is 9.56. The summed E-state index contributed by atoms with van der Waals surface area (Å²) in [5.41, 5.74) is 0.835. The molecule has 1 heterocycles. The predicted octanol–water partition coefficient (Wildman–Crippen LogP) is 3.17. The Hall–Kier alpha value is -1.00. The molecule has 1 N–H and O–H groups in total. The van der Waals surface area contributed by atoms with E-state index in [1.165, 1.54) is 25.0 Å². The Kier molecular flexibility index (Phi) is 5.49. The summed E-state index contributed by atoms with van der Waals surface area (Å²) in [6.45, 7) is 8.14. The molecule has 1 aliphatic rings. The molecule has 2 nitrogen and oxygen atoms in total. The fourth-order valence-electron chi connectivity index (χ4n) is 2.74. The lowest BCUT2D eigenvalue weighted by molar-refractivity contribution is 0.163. The van der Waals surface area contributed by atoms with Gasteiger partial charge in [-0.3, -0.25) is 4.90 Å². The highest BCUT2D eigenvalue weighted by molar-refractivity contribution is 5.17. The zero-order chi connectivity index (χ0) is 14.5. The van der Waals surface area contributed by atoms with Crippen LogP contribution in [0.2, 0.25) is 0 Å². The molecule has 1 aromatic carbocycles. The van der Waals surface area contributed by atoms with Gasteiger partial charge in [-0.15, -0.1) is 0 Å². The van der Waals surface area contributed by atoms with Crippen molar-refractivity contribution in [2.75, 3.05) is 19.6 Å². The molecular weight excluding hydrogens is 258 g/mol. The maximum absolute atomic E-state index is 13.3. The summed E-state index contributed by atoms with van der Waals surface area (Å²) in [4.78, 5) is 2.34. The molecule has 0 amide bonds. The normalized spacial score (nSPS) is 19.8. The van der Waals surface area contributed by atoms with Gasteiger partial charge in [-0.25, -0.2) is 8.78 Å². The SMILES string of the molecule is CC(C)N(Cc1ccc(F)c(F)c1)CC1CCCNC1. The van der Waals surface area contributed by atoms with Crippen molar-refractivity contribution in [1.82, 2.24) is 10.2 Å². The lowest BCUT2D eigenvalue weighted by Gasteiger charge is -2.32. The van der Waals surface area contributed by atoms with Crippen molar-refractivity contribution in [3.05, 3.63) is 35.4 Å². The van der Waals surface area contributed by atoms with Crippen LogP contribution in [-0.2, 0) is 6.54 Å². The maximum atomic E-state index is 13.3. The average Bonchev–Trinajstić information content (AvgIpc) is 2.43. The van der Waals surface area contributed by atoms with Crippen LogP contribution in [0.25, 0.3) is 0 Å². The number of hydrogen-bond donors (Lipinski definition) is 1. The largest absolute Gasteiger partial charge is 0.316 e. The summed E-state index contributed by atoms with van der Waals surface area (Å²) < 4.78 is 26.3. The van der Waals surface area contributed by atoms with E-state index in [1.54, 1.807) is 6.07 Å². The third-order valence-corrected chi connectivity index (χ3v) is 3.99. The van der Waals surface area contributed by atoms with Gasteiger partial charge in [0.15, 0.2) is 11.6 Å². The highest BCUT2D eigenvalue weighted by atomic mass is 19.2. The fraction of sp³-hybridized carbons (Fsp3) is 0.625. The van der Waals surface area contributed by atoms with E-state index in [-0.39, 0.29) is 0 Å². The molecule has 0 radical (unpaired) electrons. The number of hydrogen-bond acceptors (Lipinski definition) is 2. The lowest BCUT2D eigenvalue weighted by Crippen LogP contribution is -2.40. The summed E-state index contributed by atoms with van der Waals surface area (Å²) in [6.07, 6.45) is 2.47. The Labute approximate surface area is 120 Å². The molecule has 2 rings (SSSR count). The van der Waals surface area contributed by atoms with E-state index in [4.69, 9.17) is 0 Å². The van der Waals surface area contributed by atoms with Gasteiger partial charge in [-0.1, -0.05) is 6.07 Å². The van der Waals surface area contributed by atoms with Crippen LogP contribution in [0.15, 0.2) is 18.2 Å². The number of piperidine rings is 1. The van der Waals surface area contributed by atoms with Crippen LogP contribution in [-0.4, -0.2) is 30.6 Å². The molecule has 1 unspecified atom stereocenters. The van der Waals surface area contributed by atoms with Crippen molar-refractivity contribution in [3.8, 4) is 0 Å². The van der Waals surface area contributed by atoms with Gasteiger partial charge in [0, 0.05) is 19.1 Å². The molecule has 0 saturated carbocycles. The zero-order valence-electron chi connectivity index (χ0n) is 12.3. The van der Waals surface area contributed by atoms with Crippen LogP contribution < -0.4 is 5.32 Å². The molecule has 112 valence electrons. The molecule has 0 bridgehead atoms. The van der Waals surface area contributed by atoms with E-state index in [2.05, 4.69) is 24.1 Å². The zero-order valence-corrected chi connectivity index (χ0v) is 12.3. The van der Waals surface area contributed by atoms with Crippen molar-refractivity contribution in [3.63, 3.8) is 0 Å². The van der Waals surface area contributed by atoms with Crippen LogP contribution in [0.3, 0.4) is 0 Å². The minimum Gasteiger partial charge on any atom is -0.316 e. The molecular formula is C16H24F2N2. The Morgan fingerprint density at radius 1 is 1.30 bits per heavy atom. The van der Waals surface area contributed by atoms with Gasteiger partial charge >= 0.3 is 0 Å². The van der Waals surface area contributed by atoms with Crippen molar-refractivity contribution in [2.45, 2.75) is 39.3 Å². The number of benzene rings is 1. The van der Waals surface area contributed by atoms with Crippen LogP contribution in [0.4, 0.5) is 8.78 Å². The molecule has 0 spiro atoms. The summed E-state index contributed by atoms with van der Waals surface area (Å²) in [6, 6.07) is 4.59. The van der Waals surface area contributed by atoms with E-state index < -0.39 is 11.6 Å². The quantitative estimate of drug-likeness (QED) is 0.892.